The molecule has 1 N–H and O–H groups in total. The second kappa shape index (κ2) is 8.27. The highest BCUT2D eigenvalue weighted by Crippen LogP contribution is 2.35. The monoisotopic (exact) mass is 404 g/mol. The number of amides is 2. The highest BCUT2D eigenvalue weighted by Gasteiger charge is 2.41. The molecule has 0 aliphatic carbocycles. The molecule has 0 fully saturated rings. The van der Waals surface area contributed by atoms with Crippen molar-refractivity contribution in [2.45, 2.75) is 39.0 Å². The predicted molar refractivity (Wildman–Crippen MR) is 103 cm³/mol. The van der Waals surface area contributed by atoms with Crippen molar-refractivity contribution in [1.29, 1.82) is 0 Å². The van der Waals surface area contributed by atoms with E-state index in [0.717, 1.165) is 12.5 Å². The van der Waals surface area contributed by atoms with Crippen LogP contribution < -0.4 is 5.32 Å². The van der Waals surface area contributed by atoms with Crippen LogP contribution in [0.3, 0.4) is 0 Å². The van der Waals surface area contributed by atoms with Gasteiger partial charge in [-0.3, -0.25) is 9.59 Å². The summed E-state index contributed by atoms with van der Waals surface area (Å²) in [6.45, 7) is 4.13. The first-order chi connectivity index (χ1) is 13.7. The maximum Gasteiger partial charge on any atom is 0.416 e. The second-order valence-electron chi connectivity index (χ2n) is 7.33. The summed E-state index contributed by atoms with van der Waals surface area (Å²) in [6, 6.07) is 11.2. The lowest BCUT2D eigenvalue weighted by molar-refractivity contribution is -0.138. The topological polar surface area (TPSA) is 49.4 Å². The van der Waals surface area contributed by atoms with E-state index in [1.165, 1.54) is 23.1 Å². The van der Waals surface area contributed by atoms with Crippen molar-refractivity contribution >= 4 is 11.8 Å². The zero-order valence-corrected chi connectivity index (χ0v) is 16.3. The Kier molecular flexibility index (Phi) is 5.96. The van der Waals surface area contributed by atoms with Crippen LogP contribution in [0.1, 0.15) is 53.4 Å². The van der Waals surface area contributed by atoms with Crippen molar-refractivity contribution in [1.82, 2.24) is 10.2 Å². The molecule has 2 aromatic rings. The van der Waals surface area contributed by atoms with Crippen LogP contribution in [0.4, 0.5) is 13.2 Å². The van der Waals surface area contributed by atoms with Gasteiger partial charge in [-0.1, -0.05) is 56.7 Å². The first-order valence-corrected chi connectivity index (χ1v) is 9.56. The van der Waals surface area contributed by atoms with Crippen molar-refractivity contribution in [3.63, 3.8) is 0 Å². The maximum absolute atomic E-state index is 13.2. The van der Waals surface area contributed by atoms with Crippen LogP contribution in [-0.4, -0.2) is 23.3 Å². The molecule has 2 atom stereocenters. The summed E-state index contributed by atoms with van der Waals surface area (Å²) in [5, 5.41) is 2.60. The summed E-state index contributed by atoms with van der Waals surface area (Å²) in [5.74, 6) is -0.519. The van der Waals surface area contributed by atoms with Gasteiger partial charge in [-0.05, 0) is 29.2 Å². The van der Waals surface area contributed by atoms with E-state index < -0.39 is 23.7 Å². The van der Waals surface area contributed by atoms with Crippen LogP contribution in [0.5, 0.6) is 0 Å². The number of carbonyl (C=O) groups is 2. The fourth-order valence-electron chi connectivity index (χ4n) is 3.54. The summed E-state index contributed by atoms with van der Waals surface area (Å²) >= 11 is 0. The van der Waals surface area contributed by atoms with Gasteiger partial charge < -0.3 is 10.2 Å². The third-order valence-corrected chi connectivity index (χ3v) is 5.29. The van der Waals surface area contributed by atoms with E-state index in [2.05, 4.69) is 5.32 Å². The van der Waals surface area contributed by atoms with Gasteiger partial charge in [0.1, 0.15) is 6.04 Å². The van der Waals surface area contributed by atoms with E-state index in [1.807, 2.05) is 13.8 Å². The Morgan fingerprint density at radius 1 is 1.14 bits per heavy atom. The number of hydrogen-bond acceptors (Lipinski definition) is 2. The van der Waals surface area contributed by atoms with Gasteiger partial charge in [0.05, 0.1) is 5.56 Å². The standard InChI is InChI=1S/C22H23F3N2O2/c1-3-14(2)13-27-19(16-9-5-6-10-17(16)21(27)29)20(28)26-12-15-8-4-7-11-18(15)22(23,24)25/h4-11,14,19H,3,12-13H2,1-2H3,(H,26,28). The predicted octanol–water partition coefficient (Wildman–Crippen LogP) is 4.56. The smallest absolute Gasteiger partial charge is 0.350 e. The SMILES string of the molecule is CCC(C)CN1C(=O)c2ccccc2C1C(=O)NCc1ccccc1C(F)(F)F. The van der Waals surface area contributed by atoms with Gasteiger partial charge in [0.2, 0.25) is 5.91 Å². The first-order valence-electron chi connectivity index (χ1n) is 9.56. The zero-order valence-electron chi connectivity index (χ0n) is 16.3. The molecule has 4 nitrogen and oxygen atoms in total. The van der Waals surface area contributed by atoms with Crippen molar-refractivity contribution in [3.05, 3.63) is 70.8 Å². The number of rotatable bonds is 6. The van der Waals surface area contributed by atoms with Crippen LogP contribution in [0, 0.1) is 5.92 Å². The molecule has 0 radical (unpaired) electrons. The summed E-state index contributed by atoms with van der Waals surface area (Å²) < 4.78 is 39.6. The Bertz CT molecular complexity index is 911. The number of halogens is 3. The third kappa shape index (κ3) is 4.28. The molecule has 0 aromatic heterocycles. The van der Waals surface area contributed by atoms with E-state index in [4.69, 9.17) is 0 Å². The fourth-order valence-corrected chi connectivity index (χ4v) is 3.54. The number of nitrogens with one attached hydrogen (secondary N) is 1. The number of carbonyl (C=O) groups excluding carboxylic acids is 2. The summed E-state index contributed by atoms with van der Waals surface area (Å²) in [4.78, 5) is 27.3. The molecule has 0 saturated heterocycles. The molecule has 7 heteroatoms. The molecule has 1 aliphatic heterocycles. The Hall–Kier alpha value is -2.83. The van der Waals surface area contributed by atoms with Crippen molar-refractivity contribution < 1.29 is 22.8 Å². The van der Waals surface area contributed by atoms with Crippen LogP contribution in [-0.2, 0) is 17.5 Å². The molecule has 154 valence electrons. The minimum absolute atomic E-state index is 0.0144. The molecule has 2 amide bonds. The number of benzene rings is 2. The number of alkyl halides is 3. The largest absolute Gasteiger partial charge is 0.416 e. The van der Waals surface area contributed by atoms with E-state index >= 15 is 0 Å². The molecule has 1 aliphatic rings. The van der Waals surface area contributed by atoms with Crippen molar-refractivity contribution in [2.75, 3.05) is 6.54 Å². The lowest BCUT2D eigenvalue weighted by atomic mass is 10.0. The Labute approximate surface area is 167 Å². The number of hydrogen-bond donors (Lipinski definition) is 1. The molecular formula is C22H23F3N2O2. The van der Waals surface area contributed by atoms with E-state index in [9.17, 15) is 22.8 Å². The van der Waals surface area contributed by atoms with Gasteiger partial charge in [0.25, 0.3) is 5.91 Å². The molecule has 2 aromatic carbocycles. The molecule has 0 bridgehead atoms. The van der Waals surface area contributed by atoms with E-state index in [0.29, 0.717) is 17.7 Å². The summed E-state index contributed by atoms with van der Waals surface area (Å²) in [5.41, 5.74) is 0.258. The van der Waals surface area contributed by atoms with Gasteiger partial charge in [-0.15, -0.1) is 0 Å². The van der Waals surface area contributed by atoms with Crippen molar-refractivity contribution in [3.8, 4) is 0 Å². The number of fused-ring (bicyclic) bond motifs is 1. The van der Waals surface area contributed by atoms with Gasteiger partial charge in [0, 0.05) is 18.7 Å². The van der Waals surface area contributed by atoms with Crippen LogP contribution in [0.15, 0.2) is 48.5 Å². The normalized spacial score (nSPS) is 17.2. The fraction of sp³-hybridized carbons (Fsp3) is 0.364. The highest BCUT2D eigenvalue weighted by molar-refractivity contribution is 6.04. The average Bonchev–Trinajstić information content (AvgIpc) is 2.97. The quantitative estimate of drug-likeness (QED) is 0.767. The molecule has 0 spiro atoms. The van der Waals surface area contributed by atoms with E-state index in [-0.39, 0.29) is 23.9 Å². The zero-order chi connectivity index (χ0) is 21.2. The molecule has 2 unspecified atom stereocenters. The van der Waals surface area contributed by atoms with Crippen LogP contribution in [0.2, 0.25) is 0 Å². The minimum Gasteiger partial charge on any atom is -0.350 e. The Morgan fingerprint density at radius 2 is 1.79 bits per heavy atom. The Morgan fingerprint density at radius 3 is 2.48 bits per heavy atom. The Balaban J connectivity index is 1.84. The molecular weight excluding hydrogens is 381 g/mol. The molecule has 0 saturated carbocycles. The first kappa shape index (κ1) is 20.9. The summed E-state index contributed by atoms with van der Waals surface area (Å²) in [7, 11) is 0. The van der Waals surface area contributed by atoms with Crippen LogP contribution in [0.25, 0.3) is 0 Å². The lowest BCUT2D eigenvalue weighted by Gasteiger charge is -2.27. The molecule has 3 rings (SSSR count). The lowest BCUT2D eigenvalue weighted by Crippen LogP contribution is -2.41. The summed E-state index contributed by atoms with van der Waals surface area (Å²) in [6.07, 6.45) is -3.66. The second-order valence-corrected chi connectivity index (χ2v) is 7.33. The average molecular weight is 404 g/mol. The minimum atomic E-state index is -4.50. The highest BCUT2D eigenvalue weighted by atomic mass is 19.4. The van der Waals surface area contributed by atoms with Gasteiger partial charge in [-0.25, -0.2) is 0 Å². The molecule has 29 heavy (non-hydrogen) atoms. The third-order valence-electron chi connectivity index (χ3n) is 5.29. The maximum atomic E-state index is 13.2. The van der Waals surface area contributed by atoms with Crippen molar-refractivity contribution in [2.24, 2.45) is 5.92 Å². The number of nitrogens with zero attached hydrogens (tertiary/aromatic N) is 1. The van der Waals surface area contributed by atoms with E-state index in [1.54, 1.807) is 24.3 Å². The molecule has 1 heterocycles. The van der Waals surface area contributed by atoms with Gasteiger partial charge in [-0.2, -0.15) is 13.2 Å². The van der Waals surface area contributed by atoms with Gasteiger partial charge >= 0.3 is 6.18 Å². The van der Waals surface area contributed by atoms with Gasteiger partial charge in [0.15, 0.2) is 0 Å². The van der Waals surface area contributed by atoms with Crippen LogP contribution >= 0.6 is 0 Å².